The third-order valence-corrected chi connectivity index (χ3v) is 5.67. The van der Waals surface area contributed by atoms with E-state index in [1.165, 1.54) is 0 Å². The Hall–Kier alpha value is -0.570. The van der Waals surface area contributed by atoms with Gasteiger partial charge >= 0.3 is 0 Å². The van der Waals surface area contributed by atoms with Crippen LogP contribution in [0.4, 0.5) is 0 Å². The summed E-state index contributed by atoms with van der Waals surface area (Å²) in [6.07, 6.45) is 6.84. The SMILES string of the molecule is CCC(CC)(CCC(C)(C)C)OCCC(CC)(CC)C(=O)NC. The molecule has 0 aliphatic rings. The van der Waals surface area contributed by atoms with Gasteiger partial charge in [-0.15, -0.1) is 0 Å². The first-order chi connectivity index (χ1) is 10.6. The van der Waals surface area contributed by atoms with E-state index >= 15 is 0 Å². The van der Waals surface area contributed by atoms with E-state index in [1.807, 2.05) is 0 Å². The molecule has 0 heterocycles. The van der Waals surface area contributed by atoms with E-state index in [1.54, 1.807) is 7.05 Å². The van der Waals surface area contributed by atoms with Gasteiger partial charge in [-0.25, -0.2) is 0 Å². The minimum atomic E-state index is -0.286. The van der Waals surface area contributed by atoms with Crippen LogP contribution in [0.5, 0.6) is 0 Å². The highest BCUT2D eigenvalue weighted by Gasteiger charge is 2.35. The molecule has 0 aliphatic carbocycles. The van der Waals surface area contributed by atoms with Crippen LogP contribution in [0, 0.1) is 10.8 Å². The molecule has 0 unspecified atom stereocenters. The fraction of sp³-hybridized carbons (Fsp3) is 0.950. The second-order valence-corrected chi connectivity index (χ2v) is 8.12. The average molecular weight is 328 g/mol. The minimum Gasteiger partial charge on any atom is -0.375 e. The van der Waals surface area contributed by atoms with Crippen molar-refractivity contribution in [1.29, 1.82) is 0 Å². The van der Waals surface area contributed by atoms with Gasteiger partial charge in [0.1, 0.15) is 0 Å². The molecule has 3 heteroatoms. The number of amides is 1. The topological polar surface area (TPSA) is 38.3 Å². The summed E-state index contributed by atoms with van der Waals surface area (Å²) < 4.78 is 6.40. The van der Waals surface area contributed by atoms with Crippen LogP contribution >= 0.6 is 0 Å². The maximum absolute atomic E-state index is 12.3. The van der Waals surface area contributed by atoms with E-state index in [2.05, 4.69) is 53.8 Å². The second kappa shape index (κ2) is 9.66. The third kappa shape index (κ3) is 6.82. The van der Waals surface area contributed by atoms with Crippen LogP contribution in [-0.4, -0.2) is 25.2 Å². The molecular weight excluding hydrogens is 286 g/mol. The molecule has 0 spiro atoms. The highest BCUT2D eigenvalue weighted by Crippen LogP contribution is 2.35. The van der Waals surface area contributed by atoms with E-state index in [9.17, 15) is 4.79 Å². The van der Waals surface area contributed by atoms with Gasteiger partial charge < -0.3 is 10.1 Å². The van der Waals surface area contributed by atoms with Crippen LogP contribution in [0.3, 0.4) is 0 Å². The van der Waals surface area contributed by atoms with Crippen molar-refractivity contribution < 1.29 is 9.53 Å². The predicted octanol–water partition coefficient (Wildman–Crippen LogP) is 5.33. The zero-order chi connectivity index (χ0) is 18.1. The van der Waals surface area contributed by atoms with Crippen molar-refractivity contribution in [3.63, 3.8) is 0 Å². The molecule has 0 aliphatic heterocycles. The van der Waals surface area contributed by atoms with Crippen molar-refractivity contribution in [2.75, 3.05) is 13.7 Å². The summed E-state index contributed by atoms with van der Waals surface area (Å²) in [6, 6.07) is 0. The van der Waals surface area contributed by atoms with Crippen molar-refractivity contribution in [3.8, 4) is 0 Å². The molecule has 0 radical (unpaired) electrons. The number of ether oxygens (including phenoxy) is 1. The van der Waals surface area contributed by atoms with Crippen molar-refractivity contribution in [2.45, 2.75) is 99.0 Å². The lowest BCUT2D eigenvalue weighted by atomic mass is 9.78. The molecular formula is C20H41NO2. The van der Waals surface area contributed by atoms with E-state index in [4.69, 9.17) is 4.74 Å². The number of hydrogen-bond donors (Lipinski definition) is 1. The highest BCUT2D eigenvalue weighted by atomic mass is 16.5. The Balaban J connectivity index is 4.82. The van der Waals surface area contributed by atoms with Gasteiger partial charge in [-0.2, -0.15) is 0 Å². The van der Waals surface area contributed by atoms with Gasteiger partial charge in [0.25, 0.3) is 0 Å². The lowest BCUT2D eigenvalue weighted by molar-refractivity contribution is -0.134. The van der Waals surface area contributed by atoms with Crippen molar-refractivity contribution in [2.24, 2.45) is 10.8 Å². The van der Waals surface area contributed by atoms with Gasteiger partial charge in [0.05, 0.1) is 11.0 Å². The first kappa shape index (κ1) is 22.4. The predicted molar refractivity (Wildman–Crippen MR) is 99.7 cm³/mol. The van der Waals surface area contributed by atoms with Crippen LogP contribution in [0.2, 0.25) is 0 Å². The van der Waals surface area contributed by atoms with E-state index in [0.717, 1.165) is 44.9 Å². The van der Waals surface area contributed by atoms with Gasteiger partial charge in [0.2, 0.25) is 5.91 Å². The lowest BCUT2D eigenvalue weighted by Crippen LogP contribution is -2.41. The number of carbonyl (C=O) groups excluding carboxylic acids is 1. The summed E-state index contributed by atoms with van der Waals surface area (Å²) in [5, 5.41) is 2.83. The van der Waals surface area contributed by atoms with Gasteiger partial charge in [0.15, 0.2) is 0 Å². The second-order valence-electron chi connectivity index (χ2n) is 8.12. The van der Waals surface area contributed by atoms with Gasteiger partial charge in [0, 0.05) is 13.7 Å². The molecule has 3 nitrogen and oxygen atoms in total. The van der Waals surface area contributed by atoms with Crippen molar-refractivity contribution >= 4 is 5.91 Å². The number of nitrogens with one attached hydrogen (secondary N) is 1. The van der Waals surface area contributed by atoms with Crippen LogP contribution < -0.4 is 5.32 Å². The highest BCUT2D eigenvalue weighted by molar-refractivity contribution is 5.82. The third-order valence-electron chi connectivity index (χ3n) is 5.67. The van der Waals surface area contributed by atoms with E-state index in [0.29, 0.717) is 12.0 Å². The quantitative estimate of drug-likeness (QED) is 0.557. The molecule has 0 aromatic carbocycles. The molecule has 1 N–H and O–H groups in total. The Morgan fingerprint density at radius 2 is 1.39 bits per heavy atom. The average Bonchev–Trinajstić information content (AvgIpc) is 2.53. The van der Waals surface area contributed by atoms with Crippen LogP contribution in [0.1, 0.15) is 93.4 Å². The summed E-state index contributed by atoms with van der Waals surface area (Å²) in [4.78, 5) is 12.3. The zero-order valence-electron chi connectivity index (χ0n) is 17.0. The van der Waals surface area contributed by atoms with Crippen LogP contribution in [-0.2, 0) is 9.53 Å². The fourth-order valence-corrected chi connectivity index (χ4v) is 3.25. The molecule has 138 valence electrons. The normalized spacial score (nSPS) is 13.2. The largest absolute Gasteiger partial charge is 0.375 e. The summed E-state index contributed by atoms with van der Waals surface area (Å²) >= 11 is 0. The molecule has 0 saturated heterocycles. The Labute approximate surface area is 144 Å². The molecule has 23 heavy (non-hydrogen) atoms. The van der Waals surface area contributed by atoms with Gasteiger partial charge in [-0.3, -0.25) is 4.79 Å². The Morgan fingerprint density at radius 1 is 0.870 bits per heavy atom. The molecule has 0 bridgehead atoms. The molecule has 1 amide bonds. The van der Waals surface area contributed by atoms with Gasteiger partial charge in [-0.1, -0.05) is 48.5 Å². The fourth-order valence-electron chi connectivity index (χ4n) is 3.25. The van der Waals surface area contributed by atoms with E-state index < -0.39 is 0 Å². The molecule has 0 fully saturated rings. The number of hydrogen-bond acceptors (Lipinski definition) is 2. The lowest BCUT2D eigenvalue weighted by Gasteiger charge is -2.37. The first-order valence-electron chi connectivity index (χ1n) is 9.50. The van der Waals surface area contributed by atoms with Crippen molar-refractivity contribution in [1.82, 2.24) is 5.32 Å². The minimum absolute atomic E-state index is 0.0385. The van der Waals surface area contributed by atoms with Gasteiger partial charge in [-0.05, 0) is 50.4 Å². The standard InChI is InChI=1S/C20H41NO2/c1-9-19(10-2,17(22)21-8)15-16-23-20(11-3,12-4)14-13-18(5,6)7/h9-16H2,1-8H3,(H,21,22). The smallest absolute Gasteiger partial charge is 0.226 e. The molecule has 0 rings (SSSR count). The van der Waals surface area contributed by atoms with Crippen molar-refractivity contribution in [3.05, 3.63) is 0 Å². The summed E-state index contributed by atoms with van der Waals surface area (Å²) in [5.41, 5.74) is 0.00678. The number of carbonyl (C=O) groups is 1. The summed E-state index contributed by atoms with van der Waals surface area (Å²) in [5.74, 6) is 0.152. The van der Waals surface area contributed by atoms with Crippen LogP contribution in [0.25, 0.3) is 0 Å². The maximum atomic E-state index is 12.3. The molecule has 0 atom stereocenters. The monoisotopic (exact) mass is 327 g/mol. The maximum Gasteiger partial charge on any atom is 0.226 e. The molecule has 0 saturated carbocycles. The van der Waals surface area contributed by atoms with E-state index in [-0.39, 0.29) is 16.9 Å². The Bertz CT molecular complexity index is 336. The first-order valence-corrected chi connectivity index (χ1v) is 9.50. The molecule has 0 aromatic heterocycles. The van der Waals surface area contributed by atoms with Crippen LogP contribution in [0.15, 0.2) is 0 Å². The Kier molecular flexibility index (Phi) is 9.42. The summed E-state index contributed by atoms with van der Waals surface area (Å²) in [6.45, 7) is 16.2. The Morgan fingerprint density at radius 3 is 1.74 bits per heavy atom. The zero-order valence-corrected chi connectivity index (χ0v) is 17.0. The number of rotatable bonds is 11. The molecule has 0 aromatic rings. The summed E-state index contributed by atoms with van der Waals surface area (Å²) in [7, 11) is 1.73.